The van der Waals surface area contributed by atoms with Gasteiger partial charge >= 0.3 is 0 Å². The number of hydrogen-bond acceptors (Lipinski definition) is 5. The number of halogens is 1. The van der Waals surface area contributed by atoms with Crippen LogP contribution in [0.5, 0.6) is 0 Å². The van der Waals surface area contributed by atoms with Crippen LogP contribution in [-0.4, -0.2) is 40.8 Å². The molecule has 3 aromatic heterocycles. The summed E-state index contributed by atoms with van der Waals surface area (Å²) in [6.07, 6.45) is 5.10. The van der Waals surface area contributed by atoms with Gasteiger partial charge in [-0.1, -0.05) is 18.2 Å². The van der Waals surface area contributed by atoms with Crippen LogP contribution < -0.4 is 5.32 Å². The van der Waals surface area contributed by atoms with Crippen molar-refractivity contribution in [2.24, 2.45) is 4.99 Å². The first kappa shape index (κ1) is 17.5. The van der Waals surface area contributed by atoms with E-state index in [1.807, 2.05) is 42.6 Å². The molecule has 0 amide bonds. The van der Waals surface area contributed by atoms with Gasteiger partial charge in [-0.05, 0) is 44.1 Å². The summed E-state index contributed by atoms with van der Waals surface area (Å²) in [6, 6.07) is 11.5. The third kappa shape index (κ3) is 2.69. The van der Waals surface area contributed by atoms with E-state index in [1.165, 1.54) is 6.20 Å². The van der Waals surface area contributed by atoms with Crippen molar-refractivity contribution in [3.05, 3.63) is 59.7 Å². The third-order valence-corrected chi connectivity index (χ3v) is 6.21. The van der Waals surface area contributed by atoms with Crippen LogP contribution in [0.3, 0.4) is 0 Å². The number of hydrogen-bond donors (Lipinski definition) is 2. The van der Waals surface area contributed by atoms with Gasteiger partial charge in [-0.15, -0.1) is 0 Å². The van der Waals surface area contributed by atoms with E-state index < -0.39 is 5.82 Å². The van der Waals surface area contributed by atoms with Gasteiger partial charge in [0, 0.05) is 28.3 Å². The second-order valence-corrected chi connectivity index (χ2v) is 8.05. The van der Waals surface area contributed by atoms with Crippen LogP contribution in [0.4, 0.5) is 4.39 Å². The van der Waals surface area contributed by atoms with E-state index in [9.17, 15) is 4.39 Å². The zero-order valence-corrected chi connectivity index (χ0v) is 16.3. The van der Waals surface area contributed by atoms with Crippen molar-refractivity contribution >= 4 is 17.2 Å². The first-order valence-electron chi connectivity index (χ1n) is 10.2. The molecule has 2 aliphatic heterocycles. The van der Waals surface area contributed by atoms with E-state index >= 15 is 0 Å². The Kier molecular flexibility index (Phi) is 3.86. The van der Waals surface area contributed by atoms with Crippen molar-refractivity contribution in [3.63, 3.8) is 0 Å². The normalized spacial score (nSPS) is 17.5. The summed E-state index contributed by atoms with van der Waals surface area (Å²) >= 11 is 0. The van der Waals surface area contributed by atoms with Crippen molar-refractivity contribution in [1.29, 1.82) is 0 Å². The summed E-state index contributed by atoms with van der Waals surface area (Å²) in [5.41, 5.74) is 3.77. The predicted molar refractivity (Wildman–Crippen MR) is 113 cm³/mol. The van der Waals surface area contributed by atoms with Gasteiger partial charge in [0.25, 0.3) is 0 Å². The first-order chi connectivity index (χ1) is 14.7. The highest BCUT2D eigenvalue weighted by Crippen LogP contribution is 2.39. The second kappa shape index (κ2) is 6.60. The first-order valence-corrected chi connectivity index (χ1v) is 10.2. The van der Waals surface area contributed by atoms with Crippen molar-refractivity contribution in [2.75, 3.05) is 19.6 Å². The van der Waals surface area contributed by atoms with Crippen molar-refractivity contribution in [2.45, 2.75) is 18.3 Å². The van der Waals surface area contributed by atoms with Crippen LogP contribution in [0, 0.1) is 5.82 Å². The number of piperidine rings is 1. The minimum absolute atomic E-state index is 0.0152. The molecule has 0 saturated carbocycles. The Morgan fingerprint density at radius 2 is 1.97 bits per heavy atom. The van der Waals surface area contributed by atoms with Crippen LogP contribution in [-0.2, 0) is 5.41 Å². The number of aromatic amines is 1. The van der Waals surface area contributed by atoms with Gasteiger partial charge in [0.15, 0.2) is 17.4 Å². The predicted octanol–water partition coefficient (Wildman–Crippen LogP) is 4.08. The third-order valence-electron chi connectivity index (χ3n) is 6.21. The number of para-hydroxylation sites is 1. The molecule has 0 bridgehead atoms. The maximum Gasteiger partial charge on any atom is 0.196 e. The van der Waals surface area contributed by atoms with Gasteiger partial charge in [0.2, 0.25) is 0 Å². The number of nitrogens with one attached hydrogen (secondary N) is 2. The Hall–Kier alpha value is -3.32. The van der Waals surface area contributed by atoms with Gasteiger partial charge in [-0.25, -0.2) is 14.4 Å². The van der Waals surface area contributed by atoms with E-state index in [0.29, 0.717) is 17.3 Å². The zero-order chi connectivity index (χ0) is 20.1. The Bertz CT molecular complexity index is 1250. The molecule has 6 nitrogen and oxygen atoms in total. The average molecular weight is 401 g/mol. The van der Waals surface area contributed by atoms with Crippen molar-refractivity contribution in [3.8, 4) is 23.0 Å². The molecule has 1 aromatic carbocycles. The summed E-state index contributed by atoms with van der Waals surface area (Å²) in [5.74, 6) is 0.412. The molecule has 6 rings (SSSR count). The highest BCUT2D eigenvalue weighted by Gasteiger charge is 2.38. The maximum atomic E-state index is 14.8. The second-order valence-electron chi connectivity index (χ2n) is 8.05. The molecule has 1 spiro atoms. The number of fused-ring (bicyclic) bond motifs is 3. The van der Waals surface area contributed by atoms with Gasteiger partial charge in [0.1, 0.15) is 11.3 Å². The Morgan fingerprint density at radius 3 is 2.83 bits per heavy atom. The van der Waals surface area contributed by atoms with Crippen molar-refractivity contribution in [1.82, 2.24) is 20.3 Å². The topological polar surface area (TPSA) is 79.1 Å². The van der Waals surface area contributed by atoms with Crippen LogP contribution in [0.25, 0.3) is 33.9 Å². The summed E-state index contributed by atoms with van der Waals surface area (Å²) in [6.45, 7) is 2.68. The molecule has 30 heavy (non-hydrogen) atoms. The van der Waals surface area contributed by atoms with Crippen LogP contribution >= 0.6 is 0 Å². The van der Waals surface area contributed by atoms with Gasteiger partial charge in [-0.2, -0.15) is 0 Å². The minimum Gasteiger partial charge on any atom is -0.453 e. The largest absolute Gasteiger partial charge is 0.453 e. The number of H-pyrrole nitrogens is 1. The average Bonchev–Trinajstić information content (AvgIpc) is 3.40. The Morgan fingerprint density at radius 1 is 1.10 bits per heavy atom. The fourth-order valence-electron chi connectivity index (χ4n) is 4.62. The molecular weight excluding hydrogens is 381 g/mol. The molecule has 0 radical (unpaired) electrons. The fourth-order valence-corrected chi connectivity index (χ4v) is 4.62. The Labute approximate surface area is 172 Å². The highest BCUT2D eigenvalue weighted by molar-refractivity contribution is 5.86. The lowest BCUT2D eigenvalue weighted by atomic mass is 9.74. The molecule has 1 fully saturated rings. The van der Waals surface area contributed by atoms with Gasteiger partial charge < -0.3 is 14.7 Å². The molecule has 0 atom stereocenters. The standard InChI is InChI=1S/C23H20FN5O/c24-16-12-27-22(19-10-14-3-1-2-4-18(14)30-19)29-20(16)17-9-15-11-26-13-23(21(15)28-17)5-7-25-8-6-23/h1-4,9-12,25,28H,5-8,13H2. The number of benzene rings is 1. The molecule has 0 unspecified atom stereocenters. The van der Waals surface area contributed by atoms with E-state index in [0.717, 1.165) is 54.7 Å². The summed E-state index contributed by atoms with van der Waals surface area (Å²) in [4.78, 5) is 16.8. The molecule has 1 saturated heterocycles. The van der Waals surface area contributed by atoms with E-state index in [-0.39, 0.29) is 11.1 Å². The monoisotopic (exact) mass is 401 g/mol. The number of aliphatic imine (C=N–C) groups is 1. The quantitative estimate of drug-likeness (QED) is 0.531. The summed E-state index contributed by atoms with van der Waals surface area (Å²) in [5, 5.41) is 4.37. The minimum atomic E-state index is -0.468. The lowest BCUT2D eigenvalue weighted by molar-refractivity contribution is 0.307. The number of nitrogens with zero attached hydrogens (tertiary/aromatic N) is 3. The smallest absolute Gasteiger partial charge is 0.196 e. The summed E-state index contributed by atoms with van der Waals surface area (Å²) < 4.78 is 20.6. The molecule has 2 N–H and O–H groups in total. The van der Waals surface area contributed by atoms with Crippen LogP contribution in [0.2, 0.25) is 0 Å². The summed E-state index contributed by atoms with van der Waals surface area (Å²) in [7, 11) is 0. The van der Waals surface area contributed by atoms with Crippen LogP contribution in [0.1, 0.15) is 24.1 Å². The SMILES string of the molecule is Fc1cnc(-c2cc3ccccc3o2)nc1-c1cc2c([nH]1)C1(CCNCC1)CN=C2. The molecule has 2 aliphatic rings. The number of aromatic nitrogens is 3. The Balaban J connectivity index is 1.44. The lowest BCUT2D eigenvalue weighted by Crippen LogP contribution is -2.44. The number of furan rings is 1. The molecule has 0 aliphatic carbocycles. The van der Waals surface area contributed by atoms with E-state index in [4.69, 9.17) is 4.42 Å². The number of rotatable bonds is 2. The molecule has 4 aromatic rings. The lowest BCUT2D eigenvalue weighted by Gasteiger charge is -2.38. The van der Waals surface area contributed by atoms with Crippen LogP contribution in [0.15, 0.2) is 52.0 Å². The molecule has 5 heterocycles. The van der Waals surface area contributed by atoms with Gasteiger partial charge in [-0.3, -0.25) is 4.99 Å². The van der Waals surface area contributed by atoms with E-state index in [2.05, 4.69) is 25.3 Å². The molecule has 150 valence electrons. The fraction of sp³-hybridized carbons (Fsp3) is 0.261. The molecule has 7 heteroatoms. The van der Waals surface area contributed by atoms with E-state index in [1.54, 1.807) is 0 Å². The molecular formula is C23H20FN5O. The van der Waals surface area contributed by atoms with Crippen molar-refractivity contribution < 1.29 is 8.81 Å². The van der Waals surface area contributed by atoms with Gasteiger partial charge in [0.05, 0.1) is 18.4 Å². The highest BCUT2D eigenvalue weighted by atomic mass is 19.1. The maximum absolute atomic E-state index is 14.8. The zero-order valence-electron chi connectivity index (χ0n) is 16.3.